The molecule has 0 aliphatic carbocycles. The summed E-state index contributed by atoms with van der Waals surface area (Å²) in [5.74, 6) is 3.54. The summed E-state index contributed by atoms with van der Waals surface area (Å²) < 4.78 is 2.00. The van der Waals surface area contributed by atoms with Crippen LogP contribution in [0.5, 0.6) is 0 Å². The van der Waals surface area contributed by atoms with Gasteiger partial charge in [-0.1, -0.05) is 30.3 Å². The average Bonchev–Trinajstić information content (AvgIpc) is 2.88. The SMILES string of the molecule is c1ccc(Cn2ccc(NC3CCSCC3)n2)cc1. The van der Waals surface area contributed by atoms with Gasteiger partial charge in [-0.15, -0.1) is 0 Å². The highest BCUT2D eigenvalue weighted by atomic mass is 32.2. The summed E-state index contributed by atoms with van der Waals surface area (Å²) >= 11 is 2.05. The van der Waals surface area contributed by atoms with E-state index in [1.807, 2.05) is 16.9 Å². The standard InChI is InChI=1S/C15H19N3S/c1-2-4-13(5-3-1)12-18-9-6-15(17-18)16-14-7-10-19-11-8-14/h1-6,9,14H,7-8,10-12H2,(H,16,17). The fraction of sp³-hybridized carbons (Fsp3) is 0.400. The van der Waals surface area contributed by atoms with E-state index in [9.17, 15) is 0 Å². The summed E-state index contributed by atoms with van der Waals surface area (Å²) in [6.45, 7) is 0.836. The molecule has 0 saturated carbocycles. The highest BCUT2D eigenvalue weighted by Crippen LogP contribution is 2.20. The smallest absolute Gasteiger partial charge is 0.148 e. The number of benzene rings is 1. The first-order valence-corrected chi connectivity index (χ1v) is 7.97. The van der Waals surface area contributed by atoms with E-state index in [0.717, 1.165) is 12.4 Å². The van der Waals surface area contributed by atoms with Crippen molar-refractivity contribution in [3.8, 4) is 0 Å². The molecule has 1 fully saturated rings. The van der Waals surface area contributed by atoms with Crippen LogP contribution in [-0.2, 0) is 6.54 Å². The Morgan fingerprint density at radius 1 is 1.16 bits per heavy atom. The van der Waals surface area contributed by atoms with Gasteiger partial charge in [0, 0.05) is 18.3 Å². The minimum absolute atomic E-state index is 0.598. The Morgan fingerprint density at radius 3 is 2.74 bits per heavy atom. The van der Waals surface area contributed by atoms with Gasteiger partial charge < -0.3 is 5.32 Å². The van der Waals surface area contributed by atoms with Crippen LogP contribution in [0.15, 0.2) is 42.6 Å². The van der Waals surface area contributed by atoms with Crippen molar-refractivity contribution in [1.29, 1.82) is 0 Å². The van der Waals surface area contributed by atoms with Crippen LogP contribution in [0.3, 0.4) is 0 Å². The van der Waals surface area contributed by atoms with E-state index >= 15 is 0 Å². The Morgan fingerprint density at radius 2 is 1.95 bits per heavy atom. The Kier molecular flexibility index (Phi) is 4.08. The van der Waals surface area contributed by atoms with Crippen molar-refractivity contribution in [2.75, 3.05) is 16.8 Å². The predicted octanol–water partition coefficient (Wildman–Crippen LogP) is 3.24. The van der Waals surface area contributed by atoms with E-state index in [4.69, 9.17) is 0 Å². The molecule has 0 radical (unpaired) electrons. The van der Waals surface area contributed by atoms with Crippen molar-refractivity contribution >= 4 is 17.6 Å². The molecule has 2 aromatic rings. The second-order valence-electron chi connectivity index (χ2n) is 4.92. The maximum Gasteiger partial charge on any atom is 0.148 e. The largest absolute Gasteiger partial charge is 0.366 e. The fourth-order valence-electron chi connectivity index (χ4n) is 2.35. The number of aromatic nitrogens is 2. The lowest BCUT2D eigenvalue weighted by molar-refractivity contribution is 0.649. The summed E-state index contributed by atoms with van der Waals surface area (Å²) in [5.41, 5.74) is 1.28. The monoisotopic (exact) mass is 273 g/mol. The minimum Gasteiger partial charge on any atom is -0.366 e. The molecular weight excluding hydrogens is 254 g/mol. The number of anilines is 1. The summed E-state index contributed by atoms with van der Waals surface area (Å²) in [6, 6.07) is 13.1. The Labute approximate surface area is 118 Å². The molecule has 0 unspecified atom stereocenters. The van der Waals surface area contributed by atoms with Crippen LogP contribution in [0, 0.1) is 0 Å². The summed E-state index contributed by atoms with van der Waals surface area (Å²) in [5, 5.41) is 8.14. The van der Waals surface area contributed by atoms with E-state index in [1.54, 1.807) is 0 Å². The van der Waals surface area contributed by atoms with E-state index in [1.165, 1.54) is 29.9 Å². The van der Waals surface area contributed by atoms with E-state index in [0.29, 0.717) is 6.04 Å². The molecule has 0 bridgehead atoms. The molecule has 0 spiro atoms. The van der Waals surface area contributed by atoms with Crippen molar-refractivity contribution in [2.24, 2.45) is 0 Å². The zero-order valence-electron chi connectivity index (χ0n) is 11.0. The van der Waals surface area contributed by atoms with Gasteiger partial charge in [0.05, 0.1) is 6.54 Å². The van der Waals surface area contributed by atoms with Crippen LogP contribution in [-0.4, -0.2) is 27.3 Å². The highest BCUT2D eigenvalue weighted by Gasteiger charge is 2.14. The third kappa shape index (κ3) is 3.53. The van der Waals surface area contributed by atoms with Gasteiger partial charge in [0.25, 0.3) is 0 Å². The molecule has 1 aliphatic rings. The third-order valence-corrected chi connectivity index (χ3v) is 4.45. The quantitative estimate of drug-likeness (QED) is 0.927. The Bertz CT molecular complexity index is 503. The Balaban J connectivity index is 1.59. The fourth-order valence-corrected chi connectivity index (χ4v) is 3.45. The van der Waals surface area contributed by atoms with Crippen molar-refractivity contribution in [3.63, 3.8) is 0 Å². The van der Waals surface area contributed by atoms with Crippen LogP contribution >= 0.6 is 11.8 Å². The molecule has 1 aliphatic heterocycles. The first-order valence-electron chi connectivity index (χ1n) is 6.82. The van der Waals surface area contributed by atoms with Gasteiger partial charge in [0.1, 0.15) is 5.82 Å². The van der Waals surface area contributed by atoms with Crippen molar-refractivity contribution < 1.29 is 0 Å². The highest BCUT2D eigenvalue weighted by molar-refractivity contribution is 7.99. The molecule has 1 aromatic carbocycles. The lowest BCUT2D eigenvalue weighted by atomic mass is 10.1. The number of hydrogen-bond acceptors (Lipinski definition) is 3. The predicted molar refractivity (Wildman–Crippen MR) is 81.7 cm³/mol. The Hall–Kier alpha value is -1.42. The zero-order valence-corrected chi connectivity index (χ0v) is 11.8. The number of rotatable bonds is 4. The van der Waals surface area contributed by atoms with Crippen LogP contribution in [0.2, 0.25) is 0 Å². The van der Waals surface area contributed by atoms with E-state index in [2.05, 4.69) is 52.5 Å². The van der Waals surface area contributed by atoms with Crippen LogP contribution < -0.4 is 5.32 Å². The van der Waals surface area contributed by atoms with Gasteiger partial charge in [-0.2, -0.15) is 16.9 Å². The topological polar surface area (TPSA) is 29.9 Å². The zero-order chi connectivity index (χ0) is 12.9. The molecule has 4 heteroatoms. The molecule has 1 saturated heterocycles. The second-order valence-corrected chi connectivity index (χ2v) is 6.14. The van der Waals surface area contributed by atoms with Crippen molar-refractivity contribution in [2.45, 2.75) is 25.4 Å². The van der Waals surface area contributed by atoms with Gasteiger partial charge in [-0.3, -0.25) is 4.68 Å². The van der Waals surface area contributed by atoms with Gasteiger partial charge >= 0.3 is 0 Å². The van der Waals surface area contributed by atoms with Crippen molar-refractivity contribution in [3.05, 3.63) is 48.2 Å². The van der Waals surface area contributed by atoms with Crippen LogP contribution in [0.1, 0.15) is 18.4 Å². The van der Waals surface area contributed by atoms with Crippen LogP contribution in [0.25, 0.3) is 0 Å². The molecule has 19 heavy (non-hydrogen) atoms. The van der Waals surface area contributed by atoms with Gasteiger partial charge in [0.2, 0.25) is 0 Å². The number of nitrogens with zero attached hydrogens (tertiary/aromatic N) is 2. The molecule has 3 nitrogen and oxygen atoms in total. The van der Waals surface area contributed by atoms with Crippen LogP contribution in [0.4, 0.5) is 5.82 Å². The normalized spacial score (nSPS) is 16.4. The molecule has 3 rings (SSSR count). The molecule has 2 heterocycles. The lowest BCUT2D eigenvalue weighted by Crippen LogP contribution is -2.24. The first kappa shape index (κ1) is 12.6. The number of nitrogens with one attached hydrogen (secondary N) is 1. The summed E-state index contributed by atoms with van der Waals surface area (Å²) in [7, 11) is 0. The maximum atomic E-state index is 4.60. The molecular formula is C15H19N3S. The third-order valence-electron chi connectivity index (χ3n) is 3.40. The summed E-state index contributed by atoms with van der Waals surface area (Å²) in [4.78, 5) is 0. The van der Waals surface area contributed by atoms with E-state index in [-0.39, 0.29) is 0 Å². The molecule has 100 valence electrons. The van der Waals surface area contributed by atoms with Gasteiger partial charge in [0.15, 0.2) is 0 Å². The lowest BCUT2D eigenvalue weighted by Gasteiger charge is -2.22. The maximum absolute atomic E-state index is 4.60. The summed E-state index contributed by atoms with van der Waals surface area (Å²) in [6.07, 6.45) is 4.54. The first-order chi connectivity index (χ1) is 9.40. The average molecular weight is 273 g/mol. The van der Waals surface area contributed by atoms with Crippen molar-refractivity contribution in [1.82, 2.24) is 9.78 Å². The number of thioether (sulfide) groups is 1. The number of hydrogen-bond donors (Lipinski definition) is 1. The van der Waals surface area contributed by atoms with E-state index < -0.39 is 0 Å². The molecule has 1 aromatic heterocycles. The molecule has 0 atom stereocenters. The second kappa shape index (κ2) is 6.15. The molecule has 1 N–H and O–H groups in total. The molecule has 0 amide bonds. The van der Waals surface area contributed by atoms with Gasteiger partial charge in [-0.05, 0) is 29.9 Å². The minimum atomic E-state index is 0.598. The van der Waals surface area contributed by atoms with Gasteiger partial charge in [-0.25, -0.2) is 0 Å².